The van der Waals surface area contributed by atoms with Crippen LogP contribution in [0.4, 0.5) is 5.69 Å². The molecular formula is C28H34N4O9. The Balaban J connectivity index is 0.000000445. The third kappa shape index (κ3) is 9.60. The summed E-state index contributed by atoms with van der Waals surface area (Å²) in [5.74, 6) is -1.81. The second kappa shape index (κ2) is 16.0. The van der Waals surface area contributed by atoms with Gasteiger partial charge in [0, 0.05) is 49.7 Å². The molecule has 0 saturated carbocycles. The first kappa shape index (κ1) is 31.1. The molecule has 0 unspecified atom stereocenters. The second-order valence-electron chi connectivity index (χ2n) is 8.70. The largest absolute Gasteiger partial charge is 0.497 e. The molecular weight excluding hydrogens is 536 g/mol. The van der Waals surface area contributed by atoms with Crippen LogP contribution in [0.5, 0.6) is 11.5 Å². The van der Waals surface area contributed by atoms with Crippen LogP contribution in [-0.2, 0) is 26.1 Å². The van der Waals surface area contributed by atoms with E-state index in [2.05, 4.69) is 20.1 Å². The van der Waals surface area contributed by atoms with E-state index < -0.39 is 11.9 Å². The van der Waals surface area contributed by atoms with Crippen molar-refractivity contribution < 1.29 is 43.5 Å². The molecule has 0 radical (unpaired) electrons. The molecule has 0 atom stereocenters. The van der Waals surface area contributed by atoms with Crippen LogP contribution in [0, 0.1) is 0 Å². The Morgan fingerprint density at radius 3 is 2.51 bits per heavy atom. The zero-order valence-electron chi connectivity index (χ0n) is 22.9. The number of benzene rings is 2. The van der Waals surface area contributed by atoms with E-state index in [-0.39, 0.29) is 19.1 Å². The van der Waals surface area contributed by atoms with Crippen molar-refractivity contribution in [2.24, 2.45) is 7.05 Å². The number of carboxylic acids is 1. The number of carbonyl (C=O) groups is 3. The fourth-order valence-corrected chi connectivity index (χ4v) is 3.85. The summed E-state index contributed by atoms with van der Waals surface area (Å²) in [4.78, 5) is 34.7. The first-order chi connectivity index (χ1) is 19.8. The number of hydrogen-bond acceptors (Lipinski definition) is 10. The predicted octanol–water partition coefficient (Wildman–Crippen LogP) is 1.67. The lowest BCUT2D eigenvalue weighted by atomic mass is 10.1. The highest BCUT2D eigenvalue weighted by atomic mass is 16.6. The quantitative estimate of drug-likeness (QED) is 0.240. The number of aliphatic hydroxyl groups is 1. The van der Waals surface area contributed by atoms with Crippen molar-refractivity contribution in [1.82, 2.24) is 14.7 Å². The number of nitrogens with zero attached hydrogens (tertiary/aromatic N) is 3. The molecule has 1 aromatic heterocycles. The average molecular weight is 571 g/mol. The zero-order chi connectivity index (χ0) is 29.6. The van der Waals surface area contributed by atoms with E-state index in [9.17, 15) is 14.4 Å². The SMILES string of the molecule is COc1cccc(C(=O)Nc2ccc(OCCN3CCOCC3)c(-c3ccnn3C)c2)c1.O=C(O)C(=O)OCCO. The first-order valence-electron chi connectivity index (χ1n) is 12.8. The Bertz CT molecular complexity index is 1310. The van der Waals surface area contributed by atoms with Crippen molar-refractivity contribution in [3.05, 3.63) is 60.3 Å². The number of anilines is 1. The molecule has 41 heavy (non-hydrogen) atoms. The minimum atomic E-state index is -1.65. The number of carboxylic acid groups (broad SMARTS) is 1. The molecule has 1 saturated heterocycles. The summed E-state index contributed by atoms with van der Waals surface area (Å²) in [6.45, 7) is 4.15. The molecule has 4 rings (SSSR count). The summed E-state index contributed by atoms with van der Waals surface area (Å²) in [6.07, 6.45) is 1.74. The van der Waals surface area contributed by atoms with Gasteiger partial charge in [0.05, 0.1) is 32.6 Å². The third-order valence-electron chi connectivity index (χ3n) is 5.93. The molecule has 3 aromatic rings. The fourth-order valence-electron chi connectivity index (χ4n) is 3.85. The molecule has 220 valence electrons. The third-order valence-corrected chi connectivity index (χ3v) is 5.93. The normalized spacial score (nSPS) is 13.0. The molecule has 1 fully saturated rings. The van der Waals surface area contributed by atoms with E-state index in [0.717, 1.165) is 49.9 Å². The van der Waals surface area contributed by atoms with Gasteiger partial charge >= 0.3 is 11.9 Å². The fraction of sp³-hybridized carbons (Fsp3) is 0.357. The number of ether oxygens (including phenoxy) is 4. The molecule has 3 N–H and O–H groups in total. The summed E-state index contributed by atoms with van der Waals surface area (Å²) in [7, 11) is 3.46. The maximum atomic E-state index is 12.7. The molecule has 0 aliphatic carbocycles. The lowest BCUT2D eigenvalue weighted by molar-refractivity contribution is -0.164. The highest BCUT2D eigenvalue weighted by molar-refractivity contribution is 6.28. The molecule has 2 aromatic carbocycles. The molecule has 1 aliphatic rings. The number of aryl methyl sites for hydroxylation is 1. The van der Waals surface area contributed by atoms with Crippen LogP contribution in [0.25, 0.3) is 11.3 Å². The van der Waals surface area contributed by atoms with Crippen LogP contribution in [0.2, 0.25) is 0 Å². The summed E-state index contributed by atoms with van der Waals surface area (Å²) in [5, 5.41) is 23.1. The van der Waals surface area contributed by atoms with Gasteiger partial charge in [-0.1, -0.05) is 6.07 Å². The number of morpholine rings is 1. The number of aromatic nitrogens is 2. The van der Waals surface area contributed by atoms with Gasteiger partial charge in [-0.3, -0.25) is 14.4 Å². The minimum Gasteiger partial charge on any atom is -0.497 e. The van der Waals surface area contributed by atoms with E-state index in [1.807, 2.05) is 31.3 Å². The summed E-state index contributed by atoms with van der Waals surface area (Å²) in [5.41, 5.74) is 2.98. The number of carbonyl (C=O) groups excluding carboxylic acids is 2. The Kier molecular flexibility index (Phi) is 12.1. The lowest BCUT2D eigenvalue weighted by Gasteiger charge is -2.26. The summed E-state index contributed by atoms with van der Waals surface area (Å²) in [6, 6.07) is 14.6. The molecule has 1 aliphatic heterocycles. The number of aliphatic hydroxyl groups excluding tert-OH is 1. The molecule has 13 nitrogen and oxygen atoms in total. The Morgan fingerprint density at radius 1 is 1.07 bits per heavy atom. The van der Waals surface area contributed by atoms with Crippen molar-refractivity contribution in [2.75, 3.05) is 65.1 Å². The van der Waals surface area contributed by atoms with Gasteiger partial charge in [-0.25, -0.2) is 9.59 Å². The van der Waals surface area contributed by atoms with E-state index in [0.29, 0.717) is 23.6 Å². The van der Waals surface area contributed by atoms with E-state index in [4.69, 9.17) is 24.4 Å². The molecule has 2 heterocycles. The van der Waals surface area contributed by atoms with Gasteiger partial charge in [-0.2, -0.15) is 5.10 Å². The number of methoxy groups -OCH3 is 1. The van der Waals surface area contributed by atoms with Crippen LogP contribution in [0.3, 0.4) is 0 Å². The molecule has 0 spiro atoms. The van der Waals surface area contributed by atoms with Crippen LogP contribution >= 0.6 is 0 Å². The number of esters is 1. The van der Waals surface area contributed by atoms with Gasteiger partial charge in [-0.05, 0) is 42.5 Å². The van der Waals surface area contributed by atoms with Crippen LogP contribution in [0.15, 0.2) is 54.7 Å². The van der Waals surface area contributed by atoms with Crippen molar-refractivity contribution in [1.29, 1.82) is 0 Å². The molecule has 1 amide bonds. The van der Waals surface area contributed by atoms with E-state index in [1.165, 1.54) is 0 Å². The standard InChI is InChI=1S/C24H28N4O4.C4H6O5/c1-27-22(8-9-25-27)21-17-19(26-24(29)18-4-3-5-20(16-18)30-2)6-7-23(21)32-15-12-28-10-13-31-14-11-28;5-1-2-9-4(8)3(6)7/h3-9,16-17H,10-15H2,1-2H3,(H,26,29);5H,1-2H2,(H,6,7). The Labute approximate surface area is 237 Å². The number of amides is 1. The minimum absolute atomic E-state index is 0.208. The molecule has 0 bridgehead atoms. The topological polar surface area (TPSA) is 162 Å². The summed E-state index contributed by atoms with van der Waals surface area (Å²) >= 11 is 0. The van der Waals surface area contributed by atoms with E-state index in [1.54, 1.807) is 42.3 Å². The number of rotatable bonds is 10. The van der Waals surface area contributed by atoms with Crippen molar-refractivity contribution in [3.63, 3.8) is 0 Å². The second-order valence-corrected chi connectivity index (χ2v) is 8.70. The van der Waals surface area contributed by atoms with Crippen LogP contribution in [0.1, 0.15) is 10.4 Å². The highest BCUT2D eigenvalue weighted by Gasteiger charge is 2.15. The van der Waals surface area contributed by atoms with Crippen molar-refractivity contribution in [2.45, 2.75) is 0 Å². The Hall–Kier alpha value is -4.46. The molecule has 13 heteroatoms. The first-order valence-corrected chi connectivity index (χ1v) is 12.8. The van der Waals surface area contributed by atoms with Gasteiger partial charge in [0.25, 0.3) is 5.91 Å². The Morgan fingerprint density at radius 2 is 1.85 bits per heavy atom. The maximum Gasteiger partial charge on any atom is 0.417 e. The summed E-state index contributed by atoms with van der Waals surface area (Å²) < 4.78 is 22.5. The van der Waals surface area contributed by atoms with Gasteiger partial charge in [0.15, 0.2) is 0 Å². The van der Waals surface area contributed by atoms with Gasteiger partial charge in [-0.15, -0.1) is 0 Å². The average Bonchev–Trinajstić information content (AvgIpc) is 3.42. The smallest absolute Gasteiger partial charge is 0.417 e. The van der Waals surface area contributed by atoms with Crippen molar-refractivity contribution >= 4 is 23.5 Å². The maximum absolute atomic E-state index is 12.7. The lowest BCUT2D eigenvalue weighted by Crippen LogP contribution is -2.38. The zero-order valence-corrected chi connectivity index (χ0v) is 22.9. The van der Waals surface area contributed by atoms with Crippen molar-refractivity contribution in [3.8, 4) is 22.8 Å². The van der Waals surface area contributed by atoms with Gasteiger partial charge in [0.1, 0.15) is 24.7 Å². The van der Waals surface area contributed by atoms with Crippen LogP contribution in [-0.4, -0.2) is 103 Å². The number of aliphatic carboxylic acids is 1. The van der Waals surface area contributed by atoms with E-state index >= 15 is 0 Å². The monoisotopic (exact) mass is 570 g/mol. The highest BCUT2D eigenvalue weighted by Crippen LogP contribution is 2.32. The van der Waals surface area contributed by atoms with Gasteiger partial charge in [0.2, 0.25) is 0 Å². The number of hydrogen-bond donors (Lipinski definition) is 3. The van der Waals surface area contributed by atoms with Gasteiger partial charge < -0.3 is 34.5 Å². The predicted molar refractivity (Wildman–Crippen MR) is 148 cm³/mol. The van der Waals surface area contributed by atoms with Crippen LogP contribution < -0.4 is 14.8 Å². The number of nitrogens with one attached hydrogen (secondary N) is 1.